The van der Waals surface area contributed by atoms with Gasteiger partial charge in [-0.15, -0.1) is 0 Å². The average Bonchev–Trinajstić information content (AvgIpc) is 2.96. The maximum Gasteiger partial charge on any atom is 0.214 e. The highest BCUT2D eigenvalue weighted by atomic mass is 16.6. The van der Waals surface area contributed by atoms with Gasteiger partial charge in [0.2, 0.25) is 6.54 Å². The Bertz CT molecular complexity index is 859. The van der Waals surface area contributed by atoms with Crippen LogP contribution < -0.4 is 0 Å². The van der Waals surface area contributed by atoms with Gasteiger partial charge in [0.1, 0.15) is 0 Å². The molecule has 1 aromatic heterocycles. The molecule has 1 atom stereocenters. The number of rotatable bonds is 4. The lowest BCUT2D eigenvalue weighted by Gasteiger charge is -2.13. The maximum absolute atomic E-state index is 11.1. The average molecular weight is 291 g/mol. The molecule has 5 nitrogen and oxygen atoms in total. The second-order valence-electron chi connectivity index (χ2n) is 5.09. The highest BCUT2D eigenvalue weighted by Gasteiger charge is 2.23. The minimum Gasteiger partial charge on any atom is -0.361 e. The molecule has 0 saturated carbocycles. The standard InChI is InChI=1S/C17H13N3O2/c18-9-12-5-7-13(8-6-12)16(11-20(21)22)15-10-19-17-4-2-1-3-14(15)17/h1-8,10,16,19H,11H2. The molecule has 108 valence electrons. The van der Waals surface area contributed by atoms with Crippen LogP contribution in [0.2, 0.25) is 0 Å². The molecule has 1 unspecified atom stereocenters. The second-order valence-corrected chi connectivity index (χ2v) is 5.09. The summed E-state index contributed by atoms with van der Waals surface area (Å²) >= 11 is 0. The SMILES string of the molecule is N#Cc1ccc(C(C[N+](=O)[O-])c2c[nH]c3ccccc23)cc1. The number of aromatic amines is 1. The van der Waals surface area contributed by atoms with Gasteiger partial charge >= 0.3 is 0 Å². The molecule has 0 aliphatic rings. The Hall–Kier alpha value is -3.13. The van der Waals surface area contributed by atoms with Crippen molar-refractivity contribution in [2.45, 2.75) is 5.92 Å². The summed E-state index contributed by atoms with van der Waals surface area (Å²) < 4.78 is 0. The van der Waals surface area contributed by atoms with Crippen LogP contribution in [0.25, 0.3) is 10.9 Å². The Labute approximate surface area is 127 Å². The van der Waals surface area contributed by atoms with E-state index in [4.69, 9.17) is 5.26 Å². The lowest BCUT2D eigenvalue weighted by molar-refractivity contribution is -0.481. The molecule has 22 heavy (non-hydrogen) atoms. The minimum absolute atomic E-state index is 0.187. The number of nitrogens with zero attached hydrogens (tertiary/aromatic N) is 2. The zero-order chi connectivity index (χ0) is 15.5. The predicted octanol–water partition coefficient (Wildman–Crippen LogP) is 3.45. The highest BCUT2D eigenvalue weighted by molar-refractivity contribution is 5.84. The van der Waals surface area contributed by atoms with Crippen LogP contribution >= 0.6 is 0 Å². The first-order valence-electron chi connectivity index (χ1n) is 6.87. The molecular formula is C17H13N3O2. The summed E-state index contributed by atoms with van der Waals surface area (Å²) in [7, 11) is 0. The van der Waals surface area contributed by atoms with E-state index in [-0.39, 0.29) is 17.4 Å². The first kappa shape index (κ1) is 13.8. The van der Waals surface area contributed by atoms with Crippen molar-refractivity contribution in [2.75, 3.05) is 6.54 Å². The molecule has 5 heteroatoms. The highest BCUT2D eigenvalue weighted by Crippen LogP contribution is 2.31. The van der Waals surface area contributed by atoms with Crippen molar-refractivity contribution in [1.29, 1.82) is 5.26 Å². The van der Waals surface area contributed by atoms with Crippen molar-refractivity contribution < 1.29 is 4.92 Å². The van der Waals surface area contributed by atoms with E-state index in [2.05, 4.69) is 11.1 Å². The summed E-state index contributed by atoms with van der Waals surface area (Å²) in [4.78, 5) is 13.9. The Balaban J connectivity index is 2.09. The molecule has 2 aromatic carbocycles. The van der Waals surface area contributed by atoms with Crippen LogP contribution in [0.15, 0.2) is 54.7 Å². The molecule has 0 aliphatic carbocycles. The van der Waals surface area contributed by atoms with E-state index < -0.39 is 0 Å². The van der Waals surface area contributed by atoms with Crippen LogP contribution in [0, 0.1) is 21.4 Å². The molecule has 0 amide bonds. The molecule has 0 fully saturated rings. The van der Waals surface area contributed by atoms with Gasteiger partial charge in [0.05, 0.1) is 17.6 Å². The summed E-state index contributed by atoms with van der Waals surface area (Å²) in [5.41, 5.74) is 3.24. The van der Waals surface area contributed by atoms with Crippen molar-refractivity contribution in [3.8, 4) is 6.07 Å². The first-order valence-corrected chi connectivity index (χ1v) is 6.87. The van der Waals surface area contributed by atoms with Crippen molar-refractivity contribution in [2.24, 2.45) is 0 Å². The van der Waals surface area contributed by atoms with E-state index in [1.54, 1.807) is 24.3 Å². The molecule has 0 radical (unpaired) electrons. The zero-order valence-corrected chi connectivity index (χ0v) is 11.7. The van der Waals surface area contributed by atoms with Crippen LogP contribution in [0.1, 0.15) is 22.6 Å². The van der Waals surface area contributed by atoms with Gasteiger partial charge in [-0.1, -0.05) is 30.3 Å². The second kappa shape index (κ2) is 5.70. The third kappa shape index (κ3) is 2.54. The normalized spacial score (nSPS) is 12.0. The first-order chi connectivity index (χ1) is 10.7. The number of nitro groups is 1. The van der Waals surface area contributed by atoms with Crippen molar-refractivity contribution in [1.82, 2.24) is 4.98 Å². The van der Waals surface area contributed by atoms with Crippen molar-refractivity contribution >= 4 is 10.9 Å². The fourth-order valence-electron chi connectivity index (χ4n) is 2.70. The van der Waals surface area contributed by atoms with Gasteiger partial charge < -0.3 is 4.98 Å². The van der Waals surface area contributed by atoms with Gasteiger partial charge in [0, 0.05) is 22.0 Å². The molecule has 0 spiro atoms. The summed E-state index contributed by atoms with van der Waals surface area (Å²) in [6.07, 6.45) is 1.83. The fraction of sp³-hybridized carbons (Fsp3) is 0.118. The maximum atomic E-state index is 11.1. The zero-order valence-electron chi connectivity index (χ0n) is 11.7. The molecule has 0 bridgehead atoms. The van der Waals surface area contributed by atoms with Crippen LogP contribution in [0.5, 0.6) is 0 Å². The molecule has 0 aliphatic heterocycles. The van der Waals surface area contributed by atoms with E-state index >= 15 is 0 Å². The lowest BCUT2D eigenvalue weighted by atomic mass is 9.90. The van der Waals surface area contributed by atoms with Gasteiger partial charge in [-0.2, -0.15) is 5.26 Å². The van der Waals surface area contributed by atoms with Crippen LogP contribution in [-0.2, 0) is 0 Å². The van der Waals surface area contributed by atoms with Crippen molar-refractivity contribution in [3.63, 3.8) is 0 Å². The van der Waals surface area contributed by atoms with E-state index in [1.807, 2.05) is 30.5 Å². The number of nitrogens with one attached hydrogen (secondary N) is 1. The van der Waals surface area contributed by atoms with Gasteiger partial charge in [-0.3, -0.25) is 10.1 Å². The molecule has 1 heterocycles. The molecule has 0 saturated heterocycles. The monoisotopic (exact) mass is 291 g/mol. The molecular weight excluding hydrogens is 278 g/mol. The van der Waals surface area contributed by atoms with E-state index in [0.717, 1.165) is 22.0 Å². The number of fused-ring (bicyclic) bond motifs is 1. The Morgan fingerprint density at radius 1 is 1.18 bits per heavy atom. The smallest absolute Gasteiger partial charge is 0.214 e. The predicted molar refractivity (Wildman–Crippen MR) is 83.2 cm³/mol. The fourth-order valence-corrected chi connectivity index (χ4v) is 2.70. The van der Waals surface area contributed by atoms with E-state index in [9.17, 15) is 10.1 Å². The summed E-state index contributed by atoms with van der Waals surface area (Å²) in [6.45, 7) is -0.187. The Morgan fingerprint density at radius 2 is 1.91 bits per heavy atom. The number of hydrogen-bond acceptors (Lipinski definition) is 3. The largest absolute Gasteiger partial charge is 0.361 e. The topological polar surface area (TPSA) is 82.7 Å². The van der Waals surface area contributed by atoms with Crippen LogP contribution in [-0.4, -0.2) is 16.5 Å². The summed E-state index contributed by atoms with van der Waals surface area (Å²) in [5.74, 6) is -0.348. The lowest BCUT2D eigenvalue weighted by Crippen LogP contribution is -2.13. The Kier molecular flexibility index (Phi) is 3.58. The van der Waals surface area contributed by atoms with Crippen LogP contribution in [0.3, 0.4) is 0 Å². The third-order valence-corrected chi connectivity index (χ3v) is 3.77. The molecule has 3 rings (SSSR count). The van der Waals surface area contributed by atoms with Gasteiger partial charge in [0.15, 0.2) is 0 Å². The number of hydrogen-bond donors (Lipinski definition) is 1. The molecule has 3 aromatic rings. The quantitative estimate of drug-likeness (QED) is 0.590. The van der Waals surface area contributed by atoms with Gasteiger partial charge in [0.25, 0.3) is 0 Å². The van der Waals surface area contributed by atoms with Crippen molar-refractivity contribution in [3.05, 3.63) is 81.5 Å². The number of para-hydroxylation sites is 1. The van der Waals surface area contributed by atoms with Gasteiger partial charge in [-0.25, -0.2) is 0 Å². The Morgan fingerprint density at radius 3 is 2.59 bits per heavy atom. The summed E-state index contributed by atoms with van der Waals surface area (Å²) in [5, 5.41) is 20.9. The van der Waals surface area contributed by atoms with Crippen LogP contribution in [0.4, 0.5) is 0 Å². The number of nitriles is 1. The number of benzene rings is 2. The number of aromatic nitrogens is 1. The van der Waals surface area contributed by atoms with E-state index in [0.29, 0.717) is 5.56 Å². The summed E-state index contributed by atoms with van der Waals surface area (Å²) in [6, 6.07) is 16.8. The van der Waals surface area contributed by atoms with E-state index in [1.165, 1.54) is 0 Å². The third-order valence-electron chi connectivity index (χ3n) is 3.77. The minimum atomic E-state index is -0.348. The number of H-pyrrole nitrogens is 1. The van der Waals surface area contributed by atoms with Gasteiger partial charge in [-0.05, 0) is 29.3 Å². The molecule has 1 N–H and O–H groups in total.